The van der Waals surface area contributed by atoms with Crippen LogP contribution in [0, 0.1) is 6.92 Å². The van der Waals surface area contributed by atoms with Gasteiger partial charge in [-0.15, -0.1) is 0 Å². The van der Waals surface area contributed by atoms with Crippen molar-refractivity contribution in [3.05, 3.63) is 65.7 Å². The molecule has 6 heteroatoms. The van der Waals surface area contributed by atoms with Crippen molar-refractivity contribution in [1.29, 1.82) is 0 Å². The van der Waals surface area contributed by atoms with E-state index in [0.29, 0.717) is 12.2 Å². The van der Waals surface area contributed by atoms with E-state index < -0.39 is 12.1 Å². The summed E-state index contributed by atoms with van der Waals surface area (Å²) >= 11 is 0. The summed E-state index contributed by atoms with van der Waals surface area (Å²) in [7, 11) is 0. The molecule has 2 aliphatic rings. The predicted octanol–water partition coefficient (Wildman–Crippen LogP) is 2.49. The molecule has 0 N–H and O–H groups in total. The first-order valence-corrected chi connectivity index (χ1v) is 7.81. The highest BCUT2D eigenvalue weighted by molar-refractivity contribution is 6.25. The number of anilines is 1. The number of fused-ring (bicyclic) bond motifs is 1. The number of nitrogens with zero attached hydrogens (tertiary/aromatic N) is 4. The fourth-order valence-corrected chi connectivity index (χ4v) is 3.15. The number of amides is 2. The molecular weight excluding hydrogens is 304 g/mol. The smallest absolute Gasteiger partial charge is 0.263 e. The van der Waals surface area contributed by atoms with E-state index >= 15 is 0 Å². The molecule has 1 saturated heterocycles. The van der Waals surface area contributed by atoms with Gasteiger partial charge < -0.3 is 0 Å². The van der Waals surface area contributed by atoms with Gasteiger partial charge in [0, 0.05) is 0 Å². The Labute approximate surface area is 139 Å². The fourth-order valence-electron chi connectivity index (χ4n) is 3.15. The van der Waals surface area contributed by atoms with Gasteiger partial charge in [0.1, 0.15) is 0 Å². The van der Waals surface area contributed by atoms with Gasteiger partial charge in [0.05, 0.1) is 12.2 Å². The molecule has 2 aromatic rings. The van der Waals surface area contributed by atoms with Crippen molar-refractivity contribution in [2.75, 3.05) is 4.90 Å². The van der Waals surface area contributed by atoms with Crippen LogP contribution in [0.15, 0.2) is 64.9 Å². The van der Waals surface area contributed by atoms with Crippen molar-refractivity contribution >= 4 is 17.5 Å². The van der Waals surface area contributed by atoms with Crippen molar-refractivity contribution in [2.24, 2.45) is 10.3 Å². The zero-order valence-corrected chi connectivity index (χ0v) is 13.2. The summed E-state index contributed by atoms with van der Waals surface area (Å²) in [6.07, 6.45) is 0. The number of carbonyl (C=O) groups is 2. The Kier molecular flexibility index (Phi) is 3.37. The van der Waals surface area contributed by atoms with Crippen LogP contribution in [-0.4, -0.2) is 28.9 Å². The molecule has 2 amide bonds. The van der Waals surface area contributed by atoms with E-state index in [9.17, 15) is 9.59 Å². The molecule has 120 valence electrons. The van der Waals surface area contributed by atoms with Crippen LogP contribution >= 0.6 is 0 Å². The molecule has 0 saturated carbocycles. The maximum atomic E-state index is 12.8. The number of hydrogen-bond acceptors (Lipinski definition) is 5. The van der Waals surface area contributed by atoms with E-state index in [2.05, 4.69) is 10.3 Å². The number of benzene rings is 2. The lowest BCUT2D eigenvalue weighted by Crippen LogP contribution is -2.39. The molecule has 0 bridgehead atoms. The molecule has 2 unspecified atom stereocenters. The summed E-state index contributed by atoms with van der Waals surface area (Å²) in [5, 5.41) is 9.75. The topological polar surface area (TPSA) is 65.3 Å². The second-order valence-electron chi connectivity index (χ2n) is 5.97. The van der Waals surface area contributed by atoms with Gasteiger partial charge in [0.2, 0.25) is 0 Å². The van der Waals surface area contributed by atoms with E-state index in [-0.39, 0.29) is 11.8 Å². The molecule has 0 aliphatic carbocycles. The van der Waals surface area contributed by atoms with Crippen molar-refractivity contribution in [2.45, 2.75) is 25.6 Å². The number of para-hydroxylation sites is 1. The molecular formula is C18H16N4O2. The van der Waals surface area contributed by atoms with Crippen LogP contribution < -0.4 is 4.90 Å². The molecule has 6 nitrogen and oxygen atoms in total. The zero-order valence-electron chi connectivity index (χ0n) is 13.2. The van der Waals surface area contributed by atoms with Gasteiger partial charge in [-0.25, -0.2) is 4.90 Å². The fraction of sp³-hybridized carbons (Fsp3) is 0.222. The van der Waals surface area contributed by atoms with Crippen molar-refractivity contribution in [3.8, 4) is 0 Å². The van der Waals surface area contributed by atoms with E-state index in [1.54, 1.807) is 29.3 Å². The van der Waals surface area contributed by atoms with E-state index in [0.717, 1.165) is 11.1 Å². The molecule has 2 atom stereocenters. The molecule has 2 aliphatic heterocycles. The Morgan fingerprint density at radius 2 is 1.67 bits per heavy atom. The van der Waals surface area contributed by atoms with E-state index in [4.69, 9.17) is 0 Å². The van der Waals surface area contributed by atoms with Gasteiger partial charge in [-0.05, 0) is 30.2 Å². The first kappa shape index (κ1) is 14.6. The molecule has 0 spiro atoms. The Balaban J connectivity index is 1.62. The average Bonchev–Trinajstić information content (AvgIpc) is 3.11. The maximum absolute atomic E-state index is 12.8. The number of imide groups is 1. The lowest BCUT2D eigenvalue weighted by atomic mass is 10.1. The van der Waals surface area contributed by atoms with Gasteiger partial charge in [0.15, 0.2) is 12.1 Å². The van der Waals surface area contributed by atoms with E-state index in [1.165, 1.54) is 4.90 Å². The Bertz CT molecular complexity index is 834. The van der Waals surface area contributed by atoms with Crippen LogP contribution in [0.4, 0.5) is 5.69 Å². The average molecular weight is 320 g/mol. The third-order valence-electron chi connectivity index (χ3n) is 4.47. The Morgan fingerprint density at radius 3 is 2.42 bits per heavy atom. The molecule has 2 heterocycles. The minimum Gasteiger partial charge on any atom is -0.271 e. The monoisotopic (exact) mass is 320 g/mol. The van der Waals surface area contributed by atoms with Gasteiger partial charge in [0.25, 0.3) is 11.8 Å². The molecule has 24 heavy (non-hydrogen) atoms. The number of rotatable bonds is 3. The van der Waals surface area contributed by atoms with Crippen LogP contribution in [0.3, 0.4) is 0 Å². The summed E-state index contributed by atoms with van der Waals surface area (Å²) in [5.41, 5.74) is 2.76. The summed E-state index contributed by atoms with van der Waals surface area (Å²) in [6.45, 7) is 2.47. The number of aryl methyl sites for hydroxylation is 1. The van der Waals surface area contributed by atoms with Crippen molar-refractivity contribution in [1.82, 2.24) is 5.01 Å². The first-order valence-electron chi connectivity index (χ1n) is 7.81. The molecule has 0 aromatic heterocycles. The van der Waals surface area contributed by atoms with Gasteiger partial charge in [-0.3, -0.25) is 14.6 Å². The lowest BCUT2D eigenvalue weighted by Gasteiger charge is -2.21. The molecule has 2 aromatic carbocycles. The quantitative estimate of drug-likeness (QED) is 0.816. The Hall–Kier alpha value is -3.02. The lowest BCUT2D eigenvalue weighted by molar-refractivity contribution is -0.123. The predicted molar refractivity (Wildman–Crippen MR) is 88.1 cm³/mol. The second-order valence-corrected chi connectivity index (χ2v) is 5.97. The third-order valence-corrected chi connectivity index (χ3v) is 4.47. The van der Waals surface area contributed by atoms with Gasteiger partial charge in [-0.1, -0.05) is 47.7 Å². The summed E-state index contributed by atoms with van der Waals surface area (Å²) in [6, 6.07) is 15.5. The van der Waals surface area contributed by atoms with Crippen LogP contribution in [0.2, 0.25) is 0 Å². The molecule has 4 rings (SSSR count). The van der Waals surface area contributed by atoms with Crippen molar-refractivity contribution < 1.29 is 9.59 Å². The largest absolute Gasteiger partial charge is 0.271 e. The van der Waals surface area contributed by atoms with Gasteiger partial charge >= 0.3 is 0 Å². The zero-order chi connectivity index (χ0) is 16.7. The van der Waals surface area contributed by atoms with Crippen LogP contribution in [0.5, 0.6) is 0 Å². The standard InChI is InChI=1S/C18H16N4O2/c1-12-7-5-6-8-13(12)11-21-16-15(19-20-21)17(23)22(18(16)24)14-9-3-2-4-10-14/h2-10,15-16H,11H2,1H3. The third kappa shape index (κ3) is 2.19. The minimum atomic E-state index is -0.748. The summed E-state index contributed by atoms with van der Waals surface area (Å²) in [5.74, 6) is -0.581. The van der Waals surface area contributed by atoms with E-state index in [1.807, 2.05) is 37.3 Å². The molecule has 1 fully saturated rings. The second kappa shape index (κ2) is 5.56. The molecule has 0 radical (unpaired) electrons. The van der Waals surface area contributed by atoms with Crippen LogP contribution in [0.25, 0.3) is 0 Å². The van der Waals surface area contributed by atoms with Crippen LogP contribution in [0.1, 0.15) is 11.1 Å². The number of hydrogen-bond donors (Lipinski definition) is 0. The highest BCUT2D eigenvalue weighted by Gasteiger charge is 2.54. The SMILES string of the molecule is Cc1ccccc1CN1N=NC2C(=O)N(c3ccccc3)C(=O)C21. The van der Waals surface area contributed by atoms with Crippen LogP contribution in [-0.2, 0) is 16.1 Å². The first-order chi connectivity index (χ1) is 11.7. The summed E-state index contributed by atoms with van der Waals surface area (Å²) in [4.78, 5) is 26.6. The number of carbonyl (C=O) groups excluding carboxylic acids is 2. The Morgan fingerprint density at radius 1 is 0.958 bits per heavy atom. The maximum Gasteiger partial charge on any atom is 0.263 e. The minimum absolute atomic E-state index is 0.269. The van der Waals surface area contributed by atoms with Crippen molar-refractivity contribution in [3.63, 3.8) is 0 Å². The normalized spacial score (nSPS) is 22.4. The highest BCUT2D eigenvalue weighted by atomic mass is 16.2. The summed E-state index contributed by atoms with van der Waals surface area (Å²) < 4.78 is 0. The van der Waals surface area contributed by atoms with Gasteiger partial charge in [-0.2, -0.15) is 5.11 Å². The highest BCUT2D eigenvalue weighted by Crippen LogP contribution is 2.32.